The normalized spacial score (nSPS) is 17.1. The Kier molecular flexibility index (Phi) is 5.58. The third-order valence-electron chi connectivity index (χ3n) is 4.50. The molecule has 9 nitrogen and oxygen atoms in total. The minimum absolute atomic E-state index is 0.128. The summed E-state index contributed by atoms with van der Waals surface area (Å²) in [6.07, 6.45) is 0.662. The van der Waals surface area contributed by atoms with Gasteiger partial charge in [0.05, 0.1) is 13.7 Å². The zero-order valence-electron chi connectivity index (χ0n) is 15.6. The largest absolute Gasteiger partial charge is 0.497 e. The third kappa shape index (κ3) is 4.02. The third-order valence-corrected chi connectivity index (χ3v) is 4.50. The Labute approximate surface area is 157 Å². The van der Waals surface area contributed by atoms with Gasteiger partial charge in [-0.2, -0.15) is 4.98 Å². The Hall–Kier alpha value is -3.10. The quantitative estimate of drug-likeness (QED) is 0.854. The average Bonchev–Trinajstić information content (AvgIpc) is 3.16. The fourth-order valence-electron chi connectivity index (χ4n) is 2.94. The van der Waals surface area contributed by atoms with Crippen molar-refractivity contribution in [3.63, 3.8) is 0 Å². The molecule has 9 heteroatoms. The first-order chi connectivity index (χ1) is 13.0. The maximum absolute atomic E-state index is 12.8. The van der Waals surface area contributed by atoms with Crippen LogP contribution in [0.4, 0.5) is 10.5 Å². The number of amides is 3. The monoisotopic (exact) mass is 373 g/mol. The van der Waals surface area contributed by atoms with Crippen LogP contribution in [0, 0.1) is 0 Å². The first kappa shape index (κ1) is 18.7. The number of benzene rings is 1. The van der Waals surface area contributed by atoms with Crippen molar-refractivity contribution in [3.05, 3.63) is 36.0 Å². The van der Waals surface area contributed by atoms with Crippen LogP contribution in [0.25, 0.3) is 0 Å². The Morgan fingerprint density at radius 2 is 2.22 bits per heavy atom. The number of nitrogens with zero attached hydrogens (tertiary/aromatic N) is 4. The molecule has 1 fully saturated rings. The Bertz CT molecular complexity index is 822. The molecule has 0 spiro atoms. The summed E-state index contributed by atoms with van der Waals surface area (Å²) in [6, 6.07) is 6.39. The summed E-state index contributed by atoms with van der Waals surface area (Å²) in [5, 5.41) is 6.52. The first-order valence-electron chi connectivity index (χ1n) is 8.84. The molecule has 0 bridgehead atoms. The minimum Gasteiger partial charge on any atom is -0.497 e. The van der Waals surface area contributed by atoms with Crippen LogP contribution >= 0.6 is 0 Å². The molecule has 0 radical (unpaired) electrons. The molecule has 1 aliphatic rings. The van der Waals surface area contributed by atoms with Gasteiger partial charge in [-0.25, -0.2) is 4.79 Å². The van der Waals surface area contributed by atoms with Gasteiger partial charge in [0.1, 0.15) is 11.8 Å². The summed E-state index contributed by atoms with van der Waals surface area (Å²) in [6.45, 7) is 4.59. The number of carbonyl (C=O) groups is 2. The lowest BCUT2D eigenvalue weighted by atomic mass is 10.1. The van der Waals surface area contributed by atoms with E-state index >= 15 is 0 Å². The van der Waals surface area contributed by atoms with Gasteiger partial charge in [0.15, 0.2) is 5.82 Å². The molecule has 0 aliphatic carbocycles. The highest BCUT2D eigenvalue weighted by Gasteiger charge is 2.35. The molecular formula is C18H23N5O4. The van der Waals surface area contributed by atoms with Gasteiger partial charge in [-0.05, 0) is 19.1 Å². The van der Waals surface area contributed by atoms with E-state index in [4.69, 9.17) is 9.26 Å². The van der Waals surface area contributed by atoms with Crippen LogP contribution in [0.15, 0.2) is 28.8 Å². The molecule has 1 saturated heterocycles. The lowest BCUT2D eigenvalue weighted by molar-refractivity contribution is -0.124. The predicted molar refractivity (Wildman–Crippen MR) is 97.4 cm³/mol. The highest BCUT2D eigenvalue weighted by molar-refractivity contribution is 6.00. The Morgan fingerprint density at radius 3 is 2.93 bits per heavy atom. The van der Waals surface area contributed by atoms with Crippen molar-refractivity contribution in [2.75, 3.05) is 25.1 Å². The van der Waals surface area contributed by atoms with Gasteiger partial charge in [-0.15, -0.1) is 0 Å². The van der Waals surface area contributed by atoms with Gasteiger partial charge in [0.2, 0.25) is 11.8 Å². The van der Waals surface area contributed by atoms with E-state index in [0.29, 0.717) is 37.0 Å². The standard InChI is InChI=1S/C18H23N5O4/c1-4-15-20-16(27-21-15)11-19-18(25)22-8-9-23(17(24)12(22)2)13-6-5-7-14(10-13)26-3/h5-7,10,12H,4,8-9,11H2,1-3H3,(H,19,25)/t12-/m0/s1. The number of anilines is 1. The number of rotatable bonds is 5. The SMILES string of the molecule is CCc1noc(CNC(=O)N2CCN(c3cccc(OC)c3)C(=O)[C@@H]2C)n1. The van der Waals surface area contributed by atoms with E-state index in [-0.39, 0.29) is 18.5 Å². The van der Waals surface area contributed by atoms with E-state index < -0.39 is 6.04 Å². The number of aromatic nitrogens is 2. The summed E-state index contributed by atoms with van der Waals surface area (Å²) in [4.78, 5) is 32.6. The number of hydrogen-bond donors (Lipinski definition) is 1. The molecule has 27 heavy (non-hydrogen) atoms. The number of carbonyl (C=O) groups excluding carboxylic acids is 2. The first-order valence-corrected chi connectivity index (χ1v) is 8.84. The van der Waals surface area contributed by atoms with Gasteiger partial charge < -0.3 is 24.4 Å². The van der Waals surface area contributed by atoms with Gasteiger partial charge in [0.25, 0.3) is 0 Å². The topological polar surface area (TPSA) is 101 Å². The number of aryl methyl sites for hydroxylation is 1. The van der Waals surface area contributed by atoms with Crippen molar-refractivity contribution in [2.45, 2.75) is 32.9 Å². The summed E-state index contributed by atoms with van der Waals surface area (Å²) in [7, 11) is 1.58. The van der Waals surface area contributed by atoms with Crippen LogP contribution in [0.1, 0.15) is 25.6 Å². The summed E-state index contributed by atoms with van der Waals surface area (Å²) >= 11 is 0. The Balaban J connectivity index is 1.62. The molecular weight excluding hydrogens is 350 g/mol. The van der Waals surface area contributed by atoms with E-state index in [1.807, 2.05) is 25.1 Å². The molecule has 1 N–H and O–H groups in total. The van der Waals surface area contributed by atoms with Crippen molar-refractivity contribution >= 4 is 17.6 Å². The van der Waals surface area contributed by atoms with Crippen LogP contribution in [-0.2, 0) is 17.8 Å². The molecule has 1 aromatic carbocycles. The van der Waals surface area contributed by atoms with Gasteiger partial charge in [-0.3, -0.25) is 4.79 Å². The van der Waals surface area contributed by atoms with Crippen molar-refractivity contribution in [1.82, 2.24) is 20.4 Å². The van der Waals surface area contributed by atoms with E-state index in [2.05, 4.69) is 15.5 Å². The molecule has 1 atom stereocenters. The zero-order valence-corrected chi connectivity index (χ0v) is 15.6. The lowest BCUT2D eigenvalue weighted by Crippen LogP contribution is -2.59. The van der Waals surface area contributed by atoms with Crippen LogP contribution in [0.2, 0.25) is 0 Å². The highest BCUT2D eigenvalue weighted by Crippen LogP contribution is 2.24. The summed E-state index contributed by atoms with van der Waals surface area (Å²) in [5.41, 5.74) is 0.754. The van der Waals surface area contributed by atoms with E-state index in [1.165, 1.54) is 4.90 Å². The van der Waals surface area contributed by atoms with Gasteiger partial charge in [-0.1, -0.05) is 18.1 Å². The lowest BCUT2D eigenvalue weighted by Gasteiger charge is -2.39. The second-order valence-corrected chi connectivity index (χ2v) is 6.18. The van der Waals surface area contributed by atoms with Crippen LogP contribution in [-0.4, -0.2) is 53.2 Å². The molecule has 1 aromatic heterocycles. The van der Waals surface area contributed by atoms with Crippen LogP contribution in [0.5, 0.6) is 5.75 Å². The van der Waals surface area contributed by atoms with Gasteiger partial charge >= 0.3 is 6.03 Å². The average molecular weight is 373 g/mol. The smallest absolute Gasteiger partial charge is 0.318 e. The number of piperazine rings is 1. The number of ether oxygens (including phenoxy) is 1. The second kappa shape index (κ2) is 8.07. The van der Waals surface area contributed by atoms with E-state index in [0.717, 1.165) is 5.69 Å². The van der Waals surface area contributed by atoms with E-state index in [1.54, 1.807) is 25.0 Å². The molecule has 2 aromatic rings. The van der Waals surface area contributed by atoms with Crippen molar-refractivity contribution in [2.24, 2.45) is 0 Å². The molecule has 3 amide bonds. The fourth-order valence-corrected chi connectivity index (χ4v) is 2.94. The van der Waals surface area contributed by atoms with Gasteiger partial charge in [0, 0.05) is 31.3 Å². The molecule has 1 aliphatic heterocycles. The number of hydrogen-bond acceptors (Lipinski definition) is 6. The minimum atomic E-state index is -0.584. The Morgan fingerprint density at radius 1 is 1.41 bits per heavy atom. The molecule has 0 saturated carbocycles. The van der Waals surface area contributed by atoms with Crippen LogP contribution in [0.3, 0.4) is 0 Å². The maximum atomic E-state index is 12.8. The summed E-state index contributed by atoms with van der Waals surface area (Å²) < 4.78 is 10.3. The number of urea groups is 1. The highest BCUT2D eigenvalue weighted by atomic mass is 16.5. The second-order valence-electron chi connectivity index (χ2n) is 6.18. The molecule has 144 valence electrons. The molecule has 0 unspecified atom stereocenters. The number of nitrogens with one attached hydrogen (secondary N) is 1. The van der Waals surface area contributed by atoms with E-state index in [9.17, 15) is 9.59 Å². The molecule has 2 heterocycles. The van der Waals surface area contributed by atoms with Crippen molar-refractivity contribution in [1.29, 1.82) is 0 Å². The zero-order chi connectivity index (χ0) is 19.4. The van der Waals surface area contributed by atoms with Crippen molar-refractivity contribution < 1.29 is 18.8 Å². The number of methoxy groups -OCH3 is 1. The maximum Gasteiger partial charge on any atom is 0.318 e. The van der Waals surface area contributed by atoms with Crippen molar-refractivity contribution in [3.8, 4) is 5.75 Å². The fraction of sp³-hybridized carbons (Fsp3) is 0.444. The predicted octanol–water partition coefficient (Wildman–Crippen LogP) is 1.59. The summed E-state index contributed by atoms with van der Waals surface area (Å²) in [5.74, 6) is 1.47. The molecule has 3 rings (SSSR count). The van der Waals surface area contributed by atoms with Crippen LogP contribution < -0.4 is 15.0 Å².